The first-order chi connectivity index (χ1) is 16.7. The van der Waals surface area contributed by atoms with Crippen LogP contribution in [0.2, 0.25) is 5.02 Å². The van der Waals surface area contributed by atoms with E-state index in [1.54, 1.807) is 56.3 Å². The Bertz CT molecular complexity index is 1250. The first kappa shape index (κ1) is 26.7. The van der Waals surface area contributed by atoms with Crippen molar-refractivity contribution in [2.24, 2.45) is 5.16 Å². The second kappa shape index (κ2) is 12.2. The lowest BCUT2D eigenvalue weighted by atomic mass is 10.0. The van der Waals surface area contributed by atoms with E-state index in [1.165, 1.54) is 12.1 Å². The van der Waals surface area contributed by atoms with Gasteiger partial charge in [0, 0.05) is 16.1 Å². The normalized spacial score (nSPS) is 11.2. The number of esters is 1. The SMILES string of the molecule is CCOC(=O)CO/N=C(\C)c1cc(Br)c(Oc2ccc(O)c(C(=O)c3ccc(Cl)cc3)c2)c(Br)c1. The topological polar surface area (TPSA) is 94.4 Å². The van der Waals surface area contributed by atoms with Gasteiger partial charge in [-0.05, 0) is 100 Å². The number of rotatable bonds is 9. The first-order valence-electron chi connectivity index (χ1n) is 10.3. The molecule has 0 bridgehead atoms. The average molecular weight is 626 g/mol. The molecule has 35 heavy (non-hydrogen) atoms. The highest BCUT2D eigenvalue weighted by Gasteiger charge is 2.17. The summed E-state index contributed by atoms with van der Waals surface area (Å²) in [7, 11) is 0. The van der Waals surface area contributed by atoms with Crippen LogP contribution in [0.4, 0.5) is 0 Å². The molecule has 10 heteroatoms. The van der Waals surface area contributed by atoms with Gasteiger partial charge in [-0.3, -0.25) is 4.79 Å². The maximum atomic E-state index is 12.9. The molecule has 0 aliphatic heterocycles. The minimum atomic E-state index is -0.502. The van der Waals surface area contributed by atoms with Crippen LogP contribution in [0.5, 0.6) is 17.2 Å². The maximum absolute atomic E-state index is 12.9. The number of phenols is 1. The van der Waals surface area contributed by atoms with Crippen LogP contribution in [-0.4, -0.2) is 35.8 Å². The van der Waals surface area contributed by atoms with Crippen LogP contribution in [0.1, 0.15) is 35.3 Å². The molecule has 0 saturated carbocycles. The highest BCUT2D eigenvalue weighted by molar-refractivity contribution is 9.11. The van der Waals surface area contributed by atoms with Crippen molar-refractivity contribution in [1.29, 1.82) is 0 Å². The Balaban J connectivity index is 1.80. The molecule has 0 radical (unpaired) electrons. The molecular weight excluding hydrogens is 606 g/mol. The van der Waals surface area contributed by atoms with Gasteiger partial charge in [-0.2, -0.15) is 0 Å². The third kappa shape index (κ3) is 7.06. The van der Waals surface area contributed by atoms with Gasteiger partial charge in [0.1, 0.15) is 11.5 Å². The van der Waals surface area contributed by atoms with Gasteiger partial charge in [-0.1, -0.05) is 16.8 Å². The molecule has 3 aromatic rings. The molecule has 0 amide bonds. The summed E-state index contributed by atoms with van der Waals surface area (Å²) in [6.45, 7) is 3.42. The molecule has 3 rings (SSSR count). The van der Waals surface area contributed by atoms with Gasteiger partial charge in [-0.25, -0.2) is 4.79 Å². The lowest BCUT2D eigenvalue weighted by Gasteiger charge is -2.13. The summed E-state index contributed by atoms with van der Waals surface area (Å²) in [6.07, 6.45) is 0. The van der Waals surface area contributed by atoms with E-state index >= 15 is 0 Å². The zero-order valence-electron chi connectivity index (χ0n) is 18.7. The summed E-state index contributed by atoms with van der Waals surface area (Å²) in [6, 6.07) is 14.3. The number of ether oxygens (including phenoxy) is 2. The van der Waals surface area contributed by atoms with Crippen LogP contribution in [0, 0.1) is 0 Å². The van der Waals surface area contributed by atoms with E-state index < -0.39 is 5.97 Å². The van der Waals surface area contributed by atoms with Crippen molar-refractivity contribution < 1.29 is 29.0 Å². The number of halogens is 3. The van der Waals surface area contributed by atoms with Gasteiger partial charge in [0.25, 0.3) is 0 Å². The van der Waals surface area contributed by atoms with Gasteiger partial charge in [0.05, 0.1) is 26.8 Å². The standard InChI is InChI=1S/C25H20Br2ClNO6/c1-3-33-23(31)13-34-29-14(2)16-10-20(26)25(21(27)11-16)35-18-8-9-22(30)19(12-18)24(32)15-4-6-17(28)7-5-15/h4-12,30H,3,13H2,1-2H3/b29-14+. The average Bonchev–Trinajstić information content (AvgIpc) is 2.82. The fourth-order valence-electron chi connectivity index (χ4n) is 2.94. The van der Waals surface area contributed by atoms with Gasteiger partial charge < -0.3 is 19.4 Å². The minimum absolute atomic E-state index is 0.0930. The molecule has 7 nitrogen and oxygen atoms in total. The Morgan fingerprint density at radius 2 is 1.66 bits per heavy atom. The van der Waals surface area contributed by atoms with Crippen molar-refractivity contribution >= 4 is 60.9 Å². The number of phenolic OH excluding ortho intramolecular Hbond substituents is 1. The lowest BCUT2D eigenvalue weighted by Crippen LogP contribution is -2.11. The third-order valence-electron chi connectivity index (χ3n) is 4.64. The Labute approximate surface area is 223 Å². The van der Waals surface area contributed by atoms with Crippen molar-refractivity contribution in [3.63, 3.8) is 0 Å². The molecule has 0 heterocycles. The molecule has 0 unspecified atom stereocenters. The summed E-state index contributed by atoms with van der Waals surface area (Å²) in [5.74, 6) is -0.242. The maximum Gasteiger partial charge on any atom is 0.347 e. The Hall–Kier alpha value is -2.88. The van der Waals surface area contributed by atoms with E-state index in [-0.39, 0.29) is 30.3 Å². The predicted octanol–water partition coefficient (Wildman–Crippen LogP) is 6.90. The Morgan fingerprint density at radius 1 is 1.00 bits per heavy atom. The van der Waals surface area contributed by atoms with Gasteiger partial charge >= 0.3 is 5.97 Å². The van der Waals surface area contributed by atoms with Crippen molar-refractivity contribution in [1.82, 2.24) is 0 Å². The lowest BCUT2D eigenvalue weighted by molar-refractivity contribution is -0.148. The van der Waals surface area contributed by atoms with Crippen molar-refractivity contribution in [2.45, 2.75) is 13.8 Å². The summed E-state index contributed by atoms with van der Waals surface area (Å²) < 4.78 is 12.0. The molecule has 182 valence electrons. The van der Waals surface area contributed by atoms with E-state index in [0.29, 0.717) is 42.3 Å². The summed E-state index contributed by atoms with van der Waals surface area (Å²) in [4.78, 5) is 29.3. The summed E-state index contributed by atoms with van der Waals surface area (Å²) in [5, 5.41) is 14.7. The van der Waals surface area contributed by atoms with E-state index in [2.05, 4.69) is 37.0 Å². The largest absolute Gasteiger partial charge is 0.507 e. The molecule has 0 fully saturated rings. The summed E-state index contributed by atoms with van der Waals surface area (Å²) >= 11 is 12.9. The third-order valence-corrected chi connectivity index (χ3v) is 6.07. The highest BCUT2D eigenvalue weighted by Crippen LogP contribution is 2.39. The van der Waals surface area contributed by atoms with Crippen molar-refractivity contribution in [2.75, 3.05) is 13.2 Å². The number of oxime groups is 1. The molecule has 0 spiro atoms. The molecule has 0 saturated heterocycles. The van der Waals surface area contributed by atoms with Crippen LogP contribution in [0.25, 0.3) is 0 Å². The van der Waals surface area contributed by atoms with E-state index in [0.717, 1.165) is 0 Å². The number of nitrogens with zero attached hydrogens (tertiary/aromatic N) is 1. The number of hydrogen-bond donors (Lipinski definition) is 1. The van der Waals surface area contributed by atoms with Crippen LogP contribution >= 0.6 is 43.5 Å². The fourth-order valence-corrected chi connectivity index (χ4v) is 4.41. The molecule has 0 atom stereocenters. The molecule has 0 aromatic heterocycles. The fraction of sp³-hybridized carbons (Fsp3) is 0.160. The van der Waals surface area contributed by atoms with Crippen molar-refractivity contribution in [3.05, 3.63) is 85.3 Å². The highest BCUT2D eigenvalue weighted by atomic mass is 79.9. The number of aromatic hydroxyl groups is 1. The number of carbonyl (C=O) groups is 2. The zero-order valence-corrected chi connectivity index (χ0v) is 22.6. The van der Waals surface area contributed by atoms with Crippen molar-refractivity contribution in [3.8, 4) is 17.2 Å². The van der Waals surface area contributed by atoms with Gasteiger partial charge in [0.2, 0.25) is 6.61 Å². The quantitative estimate of drug-likeness (QED) is 0.120. The summed E-state index contributed by atoms with van der Waals surface area (Å²) in [5.41, 5.74) is 1.72. The minimum Gasteiger partial charge on any atom is -0.507 e. The van der Waals surface area contributed by atoms with E-state index in [1.807, 2.05) is 0 Å². The second-order valence-corrected chi connectivity index (χ2v) is 9.29. The number of carbonyl (C=O) groups excluding carboxylic acids is 2. The molecule has 0 aliphatic rings. The molecule has 3 aromatic carbocycles. The van der Waals surface area contributed by atoms with Gasteiger partial charge in [-0.15, -0.1) is 0 Å². The zero-order chi connectivity index (χ0) is 25.5. The molecular formula is C25H20Br2ClNO6. The first-order valence-corrected chi connectivity index (χ1v) is 12.3. The molecule has 1 N–H and O–H groups in total. The number of ketones is 1. The van der Waals surface area contributed by atoms with E-state index in [9.17, 15) is 14.7 Å². The number of hydrogen-bond acceptors (Lipinski definition) is 7. The van der Waals surface area contributed by atoms with Crippen LogP contribution in [0.15, 0.2) is 68.7 Å². The number of benzene rings is 3. The predicted molar refractivity (Wildman–Crippen MR) is 140 cm³/mol. The van der Waals surface area contributed by atoms with Crippen LogP contribution in [-0.2, 0) is 14.4 Å². The van der Waals surface area contributed by atoms with E-state index in [4.69, 9.17) is 25.9 Å². The second-order valence-electron chi connectivity index (χ2n) is 7.14. The van der Waals surface area contributed by atoms with Crippen LogP contribution < -0.4 is 4.74 Å². The smallest absolute Gasteiger partial charge is 0.347 e. The van der Waals surface area contributed by atoms with Gasteiger partial charge in [0.15, 0.2) is 11.5 Å². The molecule has 0 aliphatic carbocycles. The Kier molecular flexibility index (Phi) is 9.31. The van der Waals surface area contributed by atoms with Crippen LogP contribution in [0.3, 0.4) is 0 Å². The monoisotopic (exact) mass is 623 g/mol. The Morgan fingerprint density at radius 3 is 2.29 bits per heavy atom.